The SMILES string of the molecule is c1ccc(-c2cc(Nc3ccc(CN4OSO4)cc3)nc(-c3ccccc3)n2)cc1. The predicted molar refractivity (Wildman–Crippen MR) is 118 cm³/mol. The number of hydrogen-bond donors (Lipinski definition) is 1. The maximum absolute atomic E-state index is 5.07. The summed E-state index contributed by atoms with van der Waals surface area (Å²) in [7, 11) is 0. The average molecular weight is 414 g/mol. The van der Waals surface area contributed by atoms with E-state index in [-0.39, 0.29) is 0 Å². The van der Waals surface area contributed by atoms with Crippen molar-refractivity contribution in [2.75, 3.05) is 5.32 Å². The van der Waals surface area contributed by atoms with Crippen LogP contribution in [0, 0.1) is 0 Å². The first-order chi connectivity index (χ1) is 14.8. The minimum absolute atomic E-state index is 0.567. The molecule has 5 rings (SSSR count). The average Bonchev–Trinajstić information content (AvgIpc) is 2.78. The summed E-state index contributed by atoms with van der Waals surface area (Å²) in [5.74, 6) is 1.42. The number of nitrogens with one attached hydrogen (secondary N) is 1. The van der Waals surface area contributed by atoms with Crippen LogP contribution in [0.3, 0.4) is 0 Å². The Balaban J connectivity index is 1.44. The monoisotopic (exact) mass is 414 g/mol. The Morgan fingerprint density at radius 1 is 0.767 bits per heavy atom. The van der Waals surface area contributed by atoms with E-state index in [4.69, 9.17) is 18.5 Å². The second-order valence-electron chi connectivity index (χ2n) is 6.72. The van der Waals surface area contributed by atoms with E-state index in [1.807, 2.05) is 91.0 Å². The van der Waals surface area contributed by atoms with E-state index in [1.54, 1.807) is 0 Å². The Morgan fingerprint density at radius 2 is 1.43 bits per heavy atom. The zero-order chi connectivity index (χ0) is 20.2. The van der Waals surface area contributed by atoms with Crippen molar-refractivity contribution < 1.29 is 8.57 Å². The quantitative estimate of drug-likeness (QED) is 0.400. The minimum Gasteiger partial charge on any atom is -0.340 e. The first-order valence-electron chi connectivity index (χ1n) is 9.48. The lowest BCUT2D eigenvalue weighted by molar-refractivity contribution is -0.309. The van der Waals surface area contributed by atoms with Gasteiger partial charge in [-0.25, -0.2) is 9.97 Å². The van der Waals surface area contributed by atoms with Gasteiger partial charge in [-0.3, -0.25) is 0 Å². The molecule has 1 aliphatic rings. The molecule has 1 fully saturated rings. The molecule has 0 spiro atoms. The van der Waals surface area contributed by atoms with E-state index < -0.39 is 0 Å². The topological polar surface area (TPSA) is 59.5 Å². The van der Waals surface area contributed by atoms with E-state index in [1.165, 1.54) is 5.23 Å². The highest BCUT2D eigenvalue weighted by Gasteiger charge is 2.19. The van der Waals surface area contributed by atoms with Crippen molar-refractivity contribution in [2.45, 2.75) is 6.54 Å². The molecule has 0 atom stereocenters. The second kappa shape index (κ2) is 8.64. The molecule has 0 amide bonds. The first-order valence-corrected chi connectivity index (χ1v) is 10.1. The Kier molecular flexibility index (Phi) is 5.41. The lowest BCUT2D eigenvalue weighted by atomic mass is 10.1. The van der Waals surface area contributed by atoms with E-state index in [2.05, 4.69) is 5.32 Å². The molecule has 7 heteroatoms. The number of hydrogen-bond acceptors (Lipinski definition) is 7. The number of nitrogens with zero attached hydrogens (tertiary/aromatic N) is 3. The van der Waals surface area contributed by atoms with Gasteiger partial charge in [0.2, 0.25) is 12.3 Å². The molecule has 30 heavy (non-hydrogen) atoms. The van der Waals surface area contributed by atoms with Gasteiger partial charge in [-0.1, -0.05) is 72.8 Å². The van der Waals surface area contributed by atoms with Crippen molar-refractivity contribution >= 4 is 23.8 Å². The molecule has 1 saturated heterocycles. The zero-order valence-electron chi connectivity index (χ0n) is 15.9. The molecule has 1 N–H and O–H groups in total. The van der Waals surface area contributed by atoms with Gasteiger partial charge < -0.3 is 5.32 Å². The van der Waals surface area contributed by atoms with E-state index in [0.29, 0.717) is 12.4 Å². The highest BCUT2D eigenvalue weighted by molar-refractivity contribution is 7.90. The lowest BCUT2D eigenvalue weighted by Gasteiger charge is -2.24. The van der Waals surface area contributed by atoms with Crippen LogP contribution in [-0.2, 0) is 15.1 Å². The zero-order valence-corrected chi connectivity index (χ0v) is 16.8. The van der Waals surface area contributed by atoms with Crippen LogP contribution in [0.4, 0.5) is 11.5 Å². The van der Waals surface area contributed by atoms with Crippen LogP contribution in [0.2, 0.25) is 0 Å². The van der Waals surface area contributed by atoms with Crippen LogP contribution in [0.25, 0.3) is 22.6 Å². The van der Waals surface area contributed by atoms with Gasteiger partial charge in [-0.15, -0.1) is 0 Å². The summed E-state index contributed by atoms with van der Waals surface area (Å²) in [6, 6.07) is 30.1. The Labute approximate surface area is 178 Å². The van der Waals surface area contributed by atoms with Crippen molar-refractivity contribution in [1.29, 1.82) is 0 Å². The highest BCUT2D eigenvalue weighted by Crippen LogP contribution is 2.28. The third-order valence-corrected chi connectivity index (χ3v) is 5.05. The Bertz CT molecular complexity index is 1060. The molecule has 0 unspecified atom stereocenters. The maximum Gasteiger partial charge on any atom is 0.203 e. The second-order valence-corrected chi connectivity index (χ2v) is 7.16. The molecule has 6 nitrogen and oxygen atoms in total. The molecule has 2 heterocycles. The van der Waals surface area contributed by atoms with Gasteiger partial charge in [-0.2, -0.15) is 8.57 Å². The van der Waals surface area contributed by atoms with E-state index in [0.717, 1.165) is 46.2 Å². The van der Waals surface area contributed by atoms with Gasteiger partial charge in [0.25, 0.3) is 0 Å². The molecular weight excluding hydrogens is 396 g/mol. The van der Waals surface area contributed by atoms with Crippen molar-refractivity contribution in [2.24, 2.45) is 0 Å². The standard InChI is InChI=1S/C23H18N4O2S/c1-3-7-18(8-4-1)21-15-22(26-23(25-21)19-9-5-2-6-10-19)24-20-13-11-17(12-14-20)16-27-28-30-29-27/h1-15H,16H2,(H,24,25,26). The number of anilines is 2. The molecule has 148 valence electrons. The third kappa shape index (κ3) is 4.34. The van der Waals surface area contributed by atoms with E-state index in [9.17, 15) is 0 Å². The highest BCUT2D eigenvalue weighted by atomic mass is 32.2. The van der Waals surface area contributed by atoms with Crippen LogP contribution < -0.4 is 5.32 Å². The summed E-state index contributed by atoms with van der Waals surface area (Å²) in [4.78, 5) is 9.54. The van der Waals surface area contributed by atoms with Gasteiger partial charge >= 0.3 is 0 Å². The molecule has 4 aromatic rings. The largest absolute Gasteiger partial charge is 0.340 e. The summed E-state index contributed by atoms with van der Waals surface area (Å²) in [5.41, 5.74) is 4.91. The van der Waals surface area contributed by atoms with Gasteiger partial charge in [0.15, 0.2) is 5.82 Å². The first kappa shape index (κ1) is 18.8. The summed E-state index contributed by atoms with van der Waals surface area (Å²) in [5, 5.41) is 4.83. The van der Waals surface area contributed by atoms with Gasteiger partial charge in [0, 0.05) is 22.9 Å². The number of benzene rings is 3. The van der Waals surface area contributed by atoms with Crippen molar-refractivity contribution in [3.8, 4) is 22.6 Å². The van der Waals surface area contributed by atoms with Crippen LogP contribution >= 0.6 is 12.3 Å². The summed E-state index contributed by atoms with van der Waals surface area (Å²) in [6.07, 6.45) is 0. The molecule has 1 aromatic heterocycles. The smallest absolute Gasteiger partial charge is 0.203 e. The fourth-order valence-electron chi connectivity index (χ4n) is 3.10. The molecular formula is C23H18N4O2S. The Hall–Kier alpha value is -3.23. The molecule has 0 radical (unpaired) electrons. The maximum atomic E-state index is 5.07. The molecule has 0 bridgehead atoms. The van der Waals surface area contributed by atoms with Crippen molar-refractivity contribution in [1.82, 2.24) is 15.2 Å². The normalized spacial score (nSPS) is 13.6. The molecule has 1 aliphatic heterocycles. The van der Waals surface area contributed by atoms with Crippen LogP contribution in [0.15, 0.2) is 91.0 Å². The molecule has 0 aliphatic carbocycles. The van der Waals surface area contributed by atoms with Crippen LogP contribution in [-0.4, -0.2) is 15.2 Å². The predicted octanol–water partition coefficient (Wildman–Crippen LogP) is 5.80. The lowest BCUT2D eigenvalue weighted by Crippen LogP contribution is -2.26. The number of rotatable bonds is 6. The van der Waals surface area contributed by atoms with Crippen molar-refractivity contribution in [3.63, 3.8) is 0 Å². The summed E-state index contributed by atoms with van der Waals surface area (Å²) < 4.78 is 10.1. The molecule has 0 saturated carbocycles. The fraction of sp³-hybridized carbons (Fsp3) is 0.0435. The Morgan fingerprint density at radius 3 is 2.07 bits per heavy atom. The van der Waals surface area contributed by atoms with Gasteiger partial charge in [0.05, 0.1) is 12.2 Å². The third-order valence-electron chi connectivity index (χ3n) is 4.59. The van der Waals surface area contributed by atoms with Gasteiger partial charge in [-0.05, 0) is 22.9 Å². The van der Waals surface area contributed by atoms with E-state index >= 15 is 0 Å². The van der Waals surface area contributed by atoms with Crippen LogP contribution in [0.5, 0.6) is 0 Å². The fourth-order valence-corrected chi connectivity index (χ4v) is 3.35. The van der Waals surface area contributed by atoms with Gasteiger partial charge in [0.1, 0.15) is 5.82 Å². The summed E-state index contributed by atoms with van der Waals surface area (Å²) in [6.45, 7) is 0.567. The summed E-state index contributed by atoms with van der Waals surface area (Å²) >= 11 is 0.968. The number of aromatic nitrogens is 2. The van der Waals surface area contributed by atoms with Crippen LogP contribution in [0.1, 0.15) is 5.56 Å². The molecule has 3 aromatic carbocycles. The number of hydroxylamine groups is 2. The minimum atomic E-state index is 0.567. The van der Waals surface area contributed by atoms with Crippen molar-refractivity contribution in [3.05, 3.63) is 96.6 Å².